The Kier molecular flexibility index (Phi) is 3.69. The molecule has 0 spiro atoms. The first-order valence-corrected chi connectivity index (χ1v) is 7.36. The van der Waals surface area contributed by atoms with Gasteiger partial charge in [-0.25, -0.2) is 4.98 Å². The van der Waals surface area contributed by atoms with Crippen LogP contribution < -0.4 is 5.32 Å². The molecule has 5 heteroatoms. The number of hydrogen-bond donors (Lipinski definition) is 1. The van der Waals surface area contributed by atoms with Crippen molar-refractivity contribution in [1.29, 1.82) is 0 Å². The minimum absolute atomic E-state index is 0.700. The predicted octanol–water partition coefficient (Wildman–Crippen LogP) is 3.67. The maximum Gasteiger partial charge on any atom is 0.131 e. The Balaban J connectivity index is 2.04. The molecular weight excluding hydrogens is 316 g/mol. The smallest absolute Gasteiger partial charge is 0.131 e. The van der Waals surface area contributed by atoms with Crippen LogP contribution in [-0.4, -0.2) is 21.3 Å². The number of aromatic nitrogens is 3. The highest BCUT2D eigenvalue weighted by molar-refractivity contribution is 9.10. The van der Waals surface area contributed by atoms with Gasteiger partial charge in [-0.2, -0.15) is 5.10 Å². The average Bonchev–Trinajstić information content (AvgIpc) is 2.85. The van der Waals surface area contributed by atoms with Crippen molar-refractivity contribution in [2.75, 3.05) is 11.9 Å². The van der Waals surface area contributed by atoms with E-state index in [1.807, 2.05) is 29.1 Å². The highest BCUT2D eigenvalue weighted by Crippen LogP contribution is 2.21. The molecule has 2 aromatic heterocycles. The van der Waals surface area contributed by atoms with Gasteiger partial charge in [0.1, 0.15) is 5.82 Å². The molecule has 20 heavy (non-hydrogen) atoms. The van der Waals surface area contributed by atoms with Crippen molar-refractivity contribution in [3.05, 3.63) is 52.8 Å². The zero-order valence-electron chi connectivity index (χ0n) is 11.2. The van der Waals surface area contributed by atoms with Gasteiger partial charge >= 0.3 is 0 Å². The van der Waals surface area contributed by atoms with Crippen LogP contribution in [0.25, 0.3) is 10.9 Å². The molecule has 0 saturated carbocycles. The summed E-state index contributed by atoms with van der Waals surface area (Å²) in [6.45, 7) is 3.62. The lowest BCUT2D eigenvalue weighted by atomic mass is 10.1. The van der Waals surface area contributed by atoms with Gasteiger partial charge in [-0.1, -0.05) is 18.2 Å². The molecule has 0 saturated heterocycles. The van der Waals surface area contributed by atoms with Crippen molar-refractivity contribution in [3.8, 4) is 0 Å². The Morgan fingerprint density at radius 1 is 1.30 bits per heavy atom. The van der Waals surface area contributed by atoms with Crippen molar-refractivity contribution in [2.24, 2.45) is 0 Å². The van der Waals surface area contributed by atoms with Crippen LogP contribution in [0.1, 0.15) is 12.5 Å². The van der Waals surface area contributed by atoms with Gasteiger partial charge in [-0.05, 0) is 35.0 Å². The first kappa shape index (κ1) is 13.1. The third kappa shape index (κ3) is 2.67. The molecule has 0 bridgehead atoms. The summed E-state index contributed by atoms with van der Waals surface area (Å²) in [6, 6.07) is 10.3. The molecule has 2 heterocycles. The molecule has 102 valence electrons. The fraction of sp³-hybridized carbons (Fsp3) is 0.200. The number of nitrogens with one attached hydrogen (secondary N) is 1. The Morgan fingerprint density at radius 2 is 2.15 bits per heavy atom. The normalized spacial score (nSPS) is 10.9. The molecule has 0 atom stereocenters. The second kappa shape index (κ2) is 5.63. The maximum absolute atomic E-state index is 4.70. The van der Waals surface area contributed by atoms with E-state index in [0.717, 1.165) is 33.3 Å². The lowest BCUT2D eigenvalue weighted by Gasteiger charge is -2.11. The van der Waals surface area contributed by atoms with E-state index in [1.165, 1.54) is 0 Å². The van der Waals surface area contributed by atoms with Crippen molar-refractivity contribution in [3.63, 3.8) is 0 Å². The molecule has 1 N–H and O–H groups in total. The van der Waals surface area contributed by atoms with Crippen LogP contribution in [-0.2, 0) is 6.54 Å². The Labute approximate surface area is 126 Å². The number of para-hydroxylation sites is 1. The van der Waals surface area contributed by atoms with Crippen LogP contribution in [0.3, 0.4) is 0 Å². The minimum atomic E-state index is 0.700. The van der Waals surface area contributed by atoms with E-state index in [1.54, 1.807) is 6.20 Å². The van der Waals surface area contributed by atoms with Gasteiger partial charge in [0.25, 0.3) is 0 Å². The third-order valence-electron chi connectivity index (χ3n) is 3.08. The summed E-state index contributed by atoms with van der Waals surface area (Å²) in [6.07, 6.45) is 3.76. The quantitative estimate of drug-likeness (QED) is 0.793. The second-order valence-corrected chi connectivity index (χ2v) is 5.49. The summed E-state index contributed by atoms with van der Waals surface area (Å²) >= 11 is 3.42. The topological polar surface area (TPSA) is 42.7 Å². The van der Waals surface area contributed by atoms with E-state index >= 15 is 0 Å². The number of hydrogen-bond acceptors (Lipinski definition) is 3. The predicted molar refractivity (Wildman–Crippen MR) is 84.9 cm³/mol. The highest BCUT2D eigenvalue weighted by Gasteiger charge is 2.07. The van der Waals surface area contributed by atoms with Crippen molar-refractivity contribution in [1.82, 2.24) is 14.8 Å². The van der Waals surface area contributed by atoms with E-state index in [9.17, 15) is 0 Å². The molecule has 4 nitrogen and oxygen atoms in total. The second-order valence-electron chi connectivity index (χ2n) is 4.58. The van der Waals surface area contributed by atoms with Gasteiger partial charge in [0.15, 0.2) is 0 Å². The summed E-state index contributed by atoms with van der Waals surface area (Å²) in [5, 5.41) is 8.79. The SMILES string of the molecule is CCNc1nc2ccccc2cc1Cn1cc(Br)cn1. The zero-order chi connectivity index (χ0) is 13.9. The number of rotatable bonds is 4. The van der Waals surface area contributed by atoms with Gasteiger partial charge in [-0.15, -0.1) is 0 Å². The van der Waals surface area contributed by atoms with E-state index in [0.29, 0.717) is 6.54 Å². The zero-order valence-corrected chi connectivity index (χ0v) is 12.8. The van der Waals surface area contributed by atoms with Crippen LogP contribution in [0.15, 0.2) is 47.2 Å². The van der Waals surface area contributed by atoms with Crippen molar-refractivity contribution in [2.45, 2.75) is 13.5 Å². The maximum atomic E-state index is 4.70. The summed E-state index contributed by atoms with van der Waals surface area (Å²) in [7, 11) is 0. The van der Waals surface area contributed by atoms with Gasteiger partial charge < -0.3 is 5.32 Å². The molecule has 0 fully saturated rings. The van der Waals surface area contributed by atoms with Crippen LogP contribution in [0, 0.1) is 0 Å². The number of pyridine rings is 1. The summed E-state index contributed by atoms with van der Waals surface area (Å²) in [4.78, 5) is 4.70. The van der Waals surface area contributed by atoms with Gasteiger partial charge in [-0.3, -0.25) is 4.68 Å². The summed E-state index contributed by atoms with van der Waals surface area (Å²) in [5.41, 5.74) is 2.15. The van der Waals surface area contributed by atoms with Crippen LogP contribution in [0.2, 0.25) is 0 Å². The van der Waals surface area contributed by atoms with E-state index in [4.69, 9.17) is 4.98 Å². The number of fused-ring (bicyclic) bond motifs is 1. The number of anilines is 1. The van der Waals surface area contributed by atoms with E-state index in [2.05, 4.69) is 45.4 Å². The summed E-state index contributed by atoms with van der Waals surface area (Å²) in [5.74, 6) is 0.929. The minimum Gasteiger partial charge on any atom is -0.370 e. The van der Waals surface area contributed by atoms with Gasteiger partial charge in [0.2, 0.25) is 0 Å². The van der Waals surface area contributed by atoms with Gasteiger partial charge in [0.05, 0.1) is 22.7 Å². The molecule has 1 aromatic carbocycles. The molecule has 0 amide bonds. The van der Waals surface area contributed by atoms with Crippen molar-refractivity contribution >= 4 is 32.7 Å². The Morgan fingerprint density at radius 3 is 2.90 bits per heavy atom. The molecular formula is C15H15BrN4. The standard InChI is InChI=1S/C15H15BrN4/c1-2-17-15-12(9-20-10-13(16)8-18-20)7-11-5-3-4-6-14(11)19-15/h3-8,10H,2,9H2,1H3,(H,17,19). The molecule has 3 aromatic rings. The van der Waals surface area contributed by atoms with Crippen LogP contribution in [0.4, 0.5) is 5.82 Å². The average molecular weight is 331 g/mol. The fourth-order valence-corrected chi connectivity index (χ4v) is 2.53. The fourth-order valence-electron chi connectivity index (χ4n) is 2.20. The monoisotopic (exact) mass is 330 g/mol. The Hall–Kier alpha value is -1.88. The summed E-state index contributed by atoms with van der Waals surface area (Å²) < 4.78 is 2.88. The first-order chi connectivity index (χ1) is 9.76. The highest BCUT2D eigenvalue weighted by atomic mass is 79.9. The molecule has 3 rings (SSSR count). The lowest BCUT2D eigenvalue weighted by molar-refractivity contribution is 0.686. The van der Waals surface area contributed by atoms with E-state index in [-0.39, 0.29) is 0 Å². The van der Waals surface area contributed by atoms with Crippen LogP contribution in [0.5, 0.6) is 0 Å². The first-order valence-electron chi connectivity index (χ1n) is 6.57. The Bertz CT molecular complexity index is 736. The molecule has 0 radical (unpaired) electrons. The van der Waals surface area contributed by atoms with Crippen LogP contribution >= 0.6 is 15.9 Å². The number of benzene rings is 1. The third-order valence-corrected chi connectivity index (χ3v) is 3.49. The molecule has 0 unspecified atom stereocenters. The lowest BCUT2D eigenvalue weighted by Crippen LogP contribution is -2.08. The van der Waals surface area contributed by atoms with Gasteiger partial charge in [0, 0.05) is 23.7 Å². The van der Waals surface area contributed by atoms with E-state index < -0.39 is 0 Å². The number of nitrogens with zero attached hydrogens (tertiary/aromatic N) is 3. The largest absolute Gasteiger partial charge is 0.370 e. The number of halogens is 1. The molecule has 0 aliphatic carbocycles. The van der Waals surface area contributed by atoms with Crippen molar-refractivity contribution < 1.29 is 0 Å². The molecule has 0 aliphatic heterocycles. The molecule has 0 aliphatic rings.